The number of likely N-dealkylation sites (tertiary alicyclic amines) is 1. The van der Waals surface area contributed by atoms with Gasteiger partial charge in [0.25, 0.3) is 11.8 Å². The van der Waals surface area contributed by atoms with Crippen molar-refractivity contribution in [1.82, 2.24) is 20.4 Å². The largest absolute Gasteiger partial charge is 0.345 e. The number of nitrogens with one attached hydrogen (secondary N) is 1. The van der Waals surface area contributed by atoms with Gasteiger partial charge in [0.1, 0.15) is 0 Å². The fourth-order valence-corrected chi connectivity index (χ4v) is 4.34. The third-order valence-electron chi connectivity index (χ3n) is 4.86. The molecule has 0 spiro atoms. The molecule has 146 valence electrons. The van der Waals surface area contributed by atoms with Gasteiger partial charge in [0.05, 0.1) is 11.4 Å². The Balaban J connectivity index is 1.34. The van der Waals surface area contributed by atoms with Crippen LogP contribution in [-0.4, -0.2) is 34.0 Å². The number of benzene rings is 1. The highest BCUT2D eigenvalue weighted by molar-refractivity contribution is 7.15. The summed E-state index contributed by atoms with van der Waals surface area (Å²) in [5.74, 6) is 0.834. The lowest BCUT2D eigenvalue weighted by molar-refractivity contribution is 0.0949. The van der Waals surface area contributed by atoms with Crippen LogP contribution in [0.3, 0.4) is 0 Å². The van der Waals surface area contributed by atoms with Crippen LogP contribution >= 0.6 is 11.3 Å². The van der Waals surface area contributed by atoms with Crippen LogP contribution in [0, 0.1) is 0 Å². The number of rotatable bonds is 6. The first-order valence-electron chi connectivity index (χ1n) is 9.75. The molecule has 4 rings (SSSR count). The summed E-state index contributed by atoms with van der Waals surface area (Å²) in [6.45, 7) is 3.58. The first kappa shape index (κ1) is 18.8. The van der Waals surface area contributed by atoms with Crippen molar-refractivity contribution in [2.75, 3.05) is 13.1 Å². The Kier molecular flexibility index (Phi) is 6.14. The van der Waals surface area contributed by atoms with Gasteiger partial charge in [0, 0.05) is 17.0 Å². The minimum Gasteiger partial charge on any atom is -0.345 e. The first-order valence-corrected chi connectivity index (χ1v) is 10.6. The zero-order valence-corrected chi connectivity index (χ0v) is 16.6. The summed E-state index contributed by atoms with van der Waals surface area (Å²) in [5.41, 5.74) is 0.614. The Morgan fingerprint density at radius 3 is 2.64 bits per heavy atom. The maximum atomic E-state index is 12.1. The molecule has 0 unspecified atom stereocenters. The van der Waals surface area contributed by atoms with Crippen LogP contribution in [0.5, 0.6) is 0 Å². The first-order chi connectivity index (χ1) is 13.8. The second-order valence-corrected chi connectivity index (χ2v) is 8.19. The number of amides is 1. The molecular formula is C21H24N4O2S. The summed E-state index contributed by atoms with van der Waals surface area (Å²) in [6.07, 6.45) is 5.27. The molecule has 28 heavy (non-hydrogen) atoms. The van der Waals surface area contributed by atoms with Crippen molar-refractivity contribution in [3.63, 3.8) is 0 Å². The smallest absolute Gasteiger partial charge is 0.268 e. The Morgan fingerprint density at radius 2 is 1.86 bits per heavy atom. The quantitative estimate of drug-likeness (QED) is 0.679. The van der Waals surface area contributed by atoms with Crippen LogP contribution in [0.1, 0.15) is 46.7 Å². The summed E-state index contributed by atoms with van der Waals surface area (Å²) >= 11 is 1.70. The number of nitrogens with zero attached hydrogens (tertiary/aromatic N) is 3. The van der Waals surface area contributed by atoms with Gasteiger partial charge in [0.2, 0.25) is 0 Å². The van der Waals surface area contributed by atoms with Gasteiger partial charge in [-0.25, -0.2) is 0 Å². The van der Waals surface area contributed by atoms with Crippen molar-refractivity contribution in [2.24, 2.45) is 0 Å². The fourth-order valence-electron chi connectivity index (χ4n) is 3.37. The molecule has 1 fully saturated rings. The van der Waals surface area contributed by atoms with E-state index in [1.165, 1.54) is 43.6 Å². The molecule has 0 aliphatic carbocycles. The zero-order chi connectivity index (χ0) is 19.2. The van der Waals surface area contributed by atoms with E-state index in [2.05, 4.69) is 26.4 Å². The molecule has 6 nitrogen and oxygen atoms in total. The van der Waals surface area contributed by atoms with Crippen molar-refractivity contribution < 1.29 is 9.32 Å². The molecule has 0 saturated carbocycles. The van der Waals surface area contributed by atoms with Gasteiger partial charge in [0.15, 0.2) is 5.82 Å². The average molecular weight is 397 g/mol. The second-order valence-electron chi connectivity index (χ2n) is 7.02. The van der Waals surface area contributed by atoms with Crippen molar-refractivity contribution in [2.45, 2.75) is 38.8 Å². The van der Waals surface area contributed by atoms with Crippen molar-refractivity contribution in [1.29, 1.82) is 0 Å². The Bertz CT molecular complexity index is 898. The normalized spacial score (nSPS) is 15.3. The van der Waals surface area contributed by atoms with Crippen LogP contribution in [0.4, 0.5) is 0 Å². The maximum absolute atomic E-state index is 12.1. The van der Waals surface area contributed by atoms with Crippen molar-refractivity contribution in [3.8, 4) is 10.8 Å². The standard InChI is InChI=1S/C21H24N4O2S/c26-20(16-8-4-3-5-9-16)22-14-19-23-21(27-24-19)18-11-10-17(28-18)15-25-12-6-1-2-7-13-25/h3-5,8-11H,1-2,6-7,12-15H2,(H,22,26). The molecule has 0 bridgehead atoms. The molecule has 1 saturated heterocycles. The third-order valence-corrected chi connectivity index (χ3v) is 5.92. The monoisotopic (exact) mass is 396 g/mol. The topological polar surface area (TPSA) is 71.3 Å². The number of hydrogen-bond acceptors (Lipinski definition) is 6. The lowest BCUT2D eigenvalue weighted by Crippen LogP contribution is -2.23. The van der Waals surface area contributed by atoms with Gasteiger partial charge in [-0.2, -0.15) is 4.98 Å². The third kappa shape index (κ3) is 4.85. The summed E-state index contributed by atoms with van der Waals surface area (Å²) in [7, 11) is 0. The van der Waals surface area contributed by atoms with Crippen LogP contribution in [0.2, 0.25) is 0 Å². The van der Waals surface area contributed by atoms with Crippen LogP contribution in [-0.2, 0) is 13.1 Å². The van der Waals surface area contributed by atoms with Gasteiger partial charge in [-0.3, -0.25) is 9.69 Å². The number of thiophene rings is 1. The Labute approximate surface area is 168 Å². The predicted molar refractivity (Wildman–Crippen MR) is 109 cm³/mol. The van der Waals surface area contributed by atoms with Gasteiger partial charge in [-0.05, 0) is 50.2 Å². The zero-order valence-electron chi connectivity index (χ0n) is 15.8. The van der Waals surface area contributed by atoms with E-state index in [-0.39, 0.29) is 12.5 Å². The van der Waals surface area contributed by atoms with Crippen molar-refractivity contribution >= 4 is 17.2 Å². The molecule has 3 heterocycles. The summed E-state index contributed by atoms with van der Waals surface area (Å²) < 4.78 is 5.40. The van der Waals surface area contributed by atoms with E-state index < -0.39 is 0 Å². The molecule has 2 aromatic heterocycles. The maximum Gasteiger partial charge on any atom is 0.268 e. The SMILES string of the molecule is O=C(NCc1noc(-c2ccc(CN3CCCCCC3)s2)n1)c1ccccc1. The highest BCUT2D eigenvalue weighted by Gasteiger charge is 2.15. The van der Waals surface area contributed by atoms with E-state index in [0.29, 0.717) is 17.3 Å². The number of aromatic nitrogens is 2. The number of carbonyl (C=O) groups is 1. The van der Waals surface area contributed by atoms with Crippen LogP contribution < -0.4 is 5.32 Å². The lowest BCUT2D eigenvalue weighted by atomic mass is 10.2. The van der Waals surface area contributed by atoms with Gasteiger partial charge >= 0.3 is 0 Å². The summed E-state index contributed by atoms with van der Waals surface area (Å²) in [6, 6.07) is 13.3. The molecule has 3 aromatic rings. The fraction of sp³-hybridized carbons (Fsp3) is 0.381. The summed E-state index contributed by atoms with van der Waals surface area (Å²) in [5, 5.41) is 6.81. The molecule has 1 aromatic carbocycles. The van der Waals surface area contributed by atoms with Crippen LogP contribution in [0.15, 0.2) is 47.0 Å². The van der Waals surface area contributed by atoms with E-state index in [1.54, 1.807) is 23.5 Å². The Morgan fingerprint density at radius 1 is 1.07 bits per heavy atom. The molecule has 0 atom stereocenters. The highest BCUT2D eigenvalue weighted by atomic mass is 32.1. The van der Waals surface area contributed by atoms with E-state index >= 15 is 0 Å². The van der Waals surface area contributed by atoms with Crippen LogP contribution in [0.25, 0.3) is 10.8 Å². The summed E-state index contributed by atoms with van der Waals surface area (Å²) in [4.78, 5) is 21.4. The molecule has 1 N–H and O–H groups in total. The van der Waals surface area contributed by atoms with E-state index in [4.69, 9.17) is 4.52 Å². The van der Waals surface area contributed by atoms with Crippen molar-refractivity contribution in [3.05, 3.63) is 58.7 Å². The van der Waals surface area contributed by atoms with E-state index in [9.17, 15) is 4.79 Å². The van der Waals surface area contributed by atoms with Gasteiger partial charge in [-0.15, -0.1) is 11.3 Å². The molecule has 1 aliphatic heterocycles. The molecule has 1 amide bonds. The van der Waals surface area contributed by atoms with E-state index in [1.807, 2.05) is 24.3 Å². The minimum atomic E-state index is -0.150. The predicted octanol–water partition coefficient (Wildman–Crippen LogP) is 4.10. The minimum absolute atomic E-state index is 0.150. The molecule has 1 aliphatic rings. The van der Waals surface area contributed by atoms with Gasteiger partial charge in [-0.1, -0.05) is 36.2 Å². The number of carbonyl (C=O) groups excluding carboxylic acids is 1. The average Bonchev–Trinajstić information content (AvgIpc) is 3.31. The molecular weight excluding hydrogens is 372 g/mol. The highest BCUT2D eigenvalue weighted by Crippen LogP contribution is 2.28. The molecule has 0 radical (unpaired) electrons. The second kappa shape index (κ2) is 9.12. The Hall–Kier alpha value is -2.51. The molecule has 7 heteroatoms. The lowest BCUT2D eigenvalue weighted by Gasteiger charge is -2.18. The number of hydrogen-bond donors (Lipinski definition) is 1. The van der Waals surface area contributed by atoms with E-state index in [0.717, 1.165) is 11.4 Å². The van der Waals surface area contributed by atoms with Gasteiger partial charge < -0.3 is 9.84 Å².